The van der Waals surface area contributed by atoms with E-state index in [2.05, 4.69) is 35.6 Å². The van der Waals surface area contributed by atoms with Gasteiger partial charge in [-0.05, 0) is 105 Å². The predicted octanol–water partition coefficient (Wildman–Crippen LogP) is 5.43. The van der Waals surface area contributed by atoms with Crippen molar-refractivity contribution >= 4 is 5.91 Å². The zero-order valence-corrected chi connectivity index (χ0v) is 19.1. The summed E-state index contributed by atoms with van der Waals surface area (Å²) in [4.78, 5) is 13.8. The number of carbonyl (C=O) groups excluding carboxylic acids is 1. The number of hydrogen-bond acceptors (Lipinski definition) is 2. The fraction of sp³-hybridized carbons (Fsp3) is 0.741. The van der Waals surface area contributed by atoms with E-state index < -0.39 is 6.43 Å². The molecule has 1 amide bonds. The van der Waals surface area contributed by atoms with E-state index in [1.54, 1.807) is 0 Å². The Morgan fingerprint density at radius 3 is 2.28 bits per heavy atom. The summed E-state index contributed by atoms with van der Waals surface area (Å²) in [5.41, 5.74) is 6.90. The summed E-state index contributed by atoms with van der Waals surface area (Å²) in [7, 11) is 0. The molecule has 5 aliphatic carbocycles. The van der Waals surface area contributed by atoms with E-state index in [1.807, 2.05) is 0 Å². The van der Waals surface area contributed by atoms with Crippen molar-refractivity contribution in [3.05, 3.63) is 35.9 Å². The van der Waals surface area contributed by atoms with Crippen LogP contribution in [-0.2, 0) is 10.2 Å². The van der Waals surface area contributed by atoms with Crippen LogP contribution in [0.2, 0.25) is 0 Å². The SMILES string of the molecule is NCC1CCC(NC(=O)C23CC4CC(c5ccccc5)(CC(C2)C4CCC(F)F)C3)CC1. The summed E-state index contributed by atoms with van der Waals surface area (Å²) in [5.74, 6) is 1.96. The van der Waals surface area contributed by atoms with Gasteiger partial charge >= 0.3 is 0 Å². The predicted molar refractivity (Wildman–Crippen MR) is 122 cm³/mol. The summed E-state index contributed by atoms with van der Waals surface area (Å²) >= 11 is 0. The van der Waals surface area contributed by atoms with Gasteiger partial charge in [0, 0.05) is 12.5 Å². The average Bonchev–Trinajstić information content (AvgIpc) is 2.79. The lowest BCUT2D eigenvalue weighted by molar-refractivity contribution is -0.159. The highest BCUT2D eigenvalue weighted by Gasteiger charge is 2.63. The Morgan fingerprint density at radius 2 is 1.69 bits per heavy atom. The molecule has 3 nitrogen and oxygen atoms in total. The normalized spacial score (nSPS) is 40.6. The van der Waals surface area contributed by atoms with E-state index in [1.165, 1.54) is 5.56 Å². The first kappa shape index (κ1) is 22.3. The summed E-state index contributed by atoms with van der Waals surface area (Å²) in [6.07, 6.45) is 7.43. The van der Waals surface area contributed by atoms with Crippen molar-refractivity contribution in [1.82, 2.24) is 5.32 Å². The lowest BCUT2D eigenvalue weighted by atomic mass is 9.39. The fourth-order valence-electron chi connectivity index (χ4n) is 8.31. The van der Waals surface area contributed by atoms with Gasteiger partial charge in [-0.1, -0.05) is 30.3 Å². The van der Waals surface area contributed by atoms with E-state index in [-0.39, 0.29) is 29.2 Å². The number of nitrogens with one attached hydrogen (secondary N) is 1. The van der Waals surface area contributed by atoms with Crippen molar-refractivity contribution < 1.29 is 13.6 Å². The smallest absolute Gasteiger partial charge is 0.238 e. The van der Waals surface area contributed by atoms with Crippen molar-refractivity contribution in [2.24, 2.45) is 34.8 Å². The molecular formula is C27H38F2N2O. The van der Waals surface area contributed by atoms with Gasteiger partial charge in [0.15, 0.2) is 0 Å². The standard InChI is InChI=1S/C27H38F2N2O/c28-24(29)11-10-23-19-12-26(21-4-2-1-3-5-21)13-20(23)15-27(14-19,17-26)25(32)31-22-8-6-18(16-30)7-9-22/h1-5,18-20,22-24H,6-17,30H2,(H,31,32). The van der Waals surface area contributed by atoms with Crippen LogP contribution in [0.15, 0.2) is 30.3 Å². The molecule has 0 aromatic heterocycles. The highest BCUT2D eigenvalue weighted by molar-refractivity contribution is 5.84. The maximum absolute atomic E-state index is 13.8. The molecule has 4 bridgehead atoms. The van der Waals surface area contributed by atoms with Crippen molar-refractivity contribution in [1.29, 1.82) is 0 Å². The molecule has 5 saturated carbocycles. The monoisotopic (exact) mass is 444 g/mol. The van der Waals surface area contributed by atoms with Crippen LogP contribution >= 0.6 is 0 Å². The number of halogens is 2. The molecule has 0 aliphatic heterocycles. The molecular weight excluding hydrogens is 406 g/mol. The molecule has 1 aromatic rings. The number of hydrogen-bond donors (Lipinski definition) is 2. The van der Waals surface area contributed by atoms with Crippen LogP contribution in [0, 0.1) is 29.1 Å². The quantitative estimate of drug-likeness (QED) is 0.589. The Balaban J connectivity index is 1.37. The van der Waals surface area contributed by atoms with Crippen molar-refractivity contribution in [2.75, 3.05) is 6.54 Å². The number of carbonyl (C=O) groups is 1. The minimum Gasteiger partial charge on any atom is -0.353 e. The second-order valence-corrected chi connectivity index (χ2v) is 11.5. The van der Waals surface area contributed by atoms with Crippen molar-refractivity contribution in [2.45, 2.75) is 88.5 Å². The molecule has 0 heterocycles. The molecule has 0 radical (unpaired) electrons. The number of benzene rings is 1. The molecule has 0 saturated heterocycles. The third kappa shape index (κ3) is 3.99. The average molecular weight is 445 g/mol. The number of amides is 1. The first-order valence-corrected chi connectivity index (χ1v) is 12.8. The van der Waals surface area contributed by atoms with Gasteiger partial charge in [-0.2, -0.15) is 0 Å². The molecule has 5 aliphatic rings. The molecule has 0 spiro atoms. The summed E-state index contributed by atoms with van der Waals surface area (Å²) in [6, 6.07) is 11.0. The molecule has 5 heteroatoms. The highest BCUT2D eigenvalue weighted by Crippen LogP contribution is 2.68. The number of nitrogens with two attached hydrogens (primary N) is 1. The van der Waals surface area contributed by atoms with Crippen LogP contribution in [0.1, 0.15) is 76.2 Å². The van der Waals surface area contributed by atoms with Gasteiger partial charge in [0.2, 0.25) is 12.3 Å². The Labute approximate surface area is 190 Å². The number of rotatable bonds is 7. The first-order valence-electron chi connectivity index (χ1n) is 12.8. The third-order valence-electron chi connectivity index (χ3n) is 9.60. The lowest BCUT2D eigenvalue weighted by Gasteiger charge is -2.64. The maximum atomic E-state index is 13.8. The van der Waals surface area contributed by atoms with E-state index >= 15 is 0 Å². The first-order chi connectivity index (χ1) is 15.4. The Kier molecular flexibility index (Phi) is 6.06. The Bertz CT molecular complexity index is 789. The van der Waals surface area contributed by atoms with Crippen LogP contribution in [0.3, 0.4) is 0 Å². The van der Waals surface area contributed by atoms with Gasteiger partial charge in [0.1, 0.15) is 0 Å². The van der Waals surface area contributed by atoms with Gasteiger partial charge in [0.05, 0.1) is 5.41 Å². The van der Waals surface area contributed by atoms with Gasteiger partial charge in [-0.15, -0.1) is 0 Å². The van der Waals surface area contributed by atoms with Gasteiger partial charge in [-0.3, -0.25) is 4.79 Å². The number of alkyl halides is 2. The zero-order chi connectivity index (χ0) is 22.3. The molecule has 3 N–H and O–H groups in total. The summed E-state index contributed by atoms with van der Waals surface area (Å²) < 4.78 is 26.1. The van der Waals surface area contributed by atoms with Crippen LogP contribution in [0.4, 0.5) is 8.78 Å². The molecule has 176 valence electrons. The molecule has 1 aromatic carbocycles. The largest absolute Gasteiger partial charge is 0.353 e. The molecule has 2 atom stereocenters. The summed E-state index contributed by atoms with van der Waals surface area (Å²) in [6.45, 7) is 0.744. The van der Waals surface area contributed by atoms with Crippen LogP contribution in [0.25, 0.3) is 0 Å². The van der Waals surface area contributed by atoms with Crippen LogP contribution in [0.5, 0.6) is 0 Å². The van der Waals surface area contributed by atoms with Gasteiger partial charge in [-0.25, -0.2) is 8.78 Å². The van der Waals surface area contributed by atoms with Crippen LogP contribution < -0.4 is 11.1 Å². The second kappa shape index (κ2) is 8.70. The van der Waals surface area contributed by atoms with Crippen LogP contribution in [-0.4, -0.2) is 24.9 Å². The Hall–Kier alpha value is -1.49. The van der Waals surface area contributed by atoms with E-state index in [9.17, 15) is 13.6 Å². The molecule has 6 rings (SSSR count). The highest BCUT2D eigenvalue weighted by atomic mass is 19.3. The molecule has 5 fully saturated rings. The van der Waals surface area contributed by atoms with Gasteiger partial charge in [0.25, 0.3) is 0 Å². The minimum atomic E-state index is -2.23. The van der Waals surface area contributed by atoms with Crippen molar-refractivity contribution in [3.8, 4) is 0 Å². The lowest BCUT2D eigenvalue weighted by Crippen LogP contribution is -2.62. The zero-order valence-electron chi connectivity index (χ0n) is 19.1. The third-order valence-corrected chi connectivity index (χ3v) is 9.60. The fourth-order valence-corrected chi connectivity index (χ4v) is 8.31. The molecule has 32 heavy (non-hydrogen) atoms. The maximum Gasteiger partial charge on any atom is 0.238 e. The van der Waals surface area contributed by atoms with E-state index in [0.29, 0.717) is 30.1 Å². The van der Waals surface area contributed by atoms with Crippen molar-refractivity contribution in [3.63, 3.8) is 0 Å². The Morgan fingerprint density at radius 1 is 1.03 bits per heavy atom. The van der Waals surface area contributed by atoms with E-state index in [0.717, 1.165) is 64.3 Å². The minimum absolute atomic E-state index is 0.000413. The topological polar surface area (TPSA) is 55.1 Å². The molecule has 2 unspecified atom stereocenters. The summed E-state index contributed by atoms with van der Waals surface area (Å²) in [5, 5.41) is 3.45. The van der Waals surface area contributed by atoms with E-state index in [4.69, 9.17) is 5.73 Å². The second-order valence-electron chi connectivity index (χ2n) is 11.5. The van der Waals surface area contributed by atoms with Gasteiger partial charge < -0.3 is 11.1 Å².